The van der Waals surface area contributed by atoms with Gasteiger partial charge in [-0.2, -0.15) is 0 Å². The van der Waals surface area contributed by atoms with Crippen LogP contribution in [-0.2, 0) is 10.3 Å². The van der Waals surface area contributed by atoms with E-state index in [1.807, 2.05) is 54.0 Å². The average molecular weight is 368 g/mol. The van der Waals surface area contributed by atoms with E-state index >= 15 is 0 Å². The quantitative estimate of drug-likeness (QED) is 0.730. The highest BCUT2D eigenvalue weighted by molar-refractivity contribution is 6.31. The molecule has 1 aromatic heterocycles. The Kier molecular flexibility index (Phi) is 3.73. The zero-order chi connectivity index (χ0) is 18.5. The second kappa shape index (κ2) is 5.85. The Hall–Kier alpha value is -2.86. The minimum atomic E-state index is -0.634. The number of amides is 1. The number of hydrogen-bond donors (Lipinski definition) is 2. The van der Waals surface area contributed by atoms with Gasteiger partial charge >= 0.3 is 0 Å². The van der Waals surface area contributed by atoms with Crippen LogP contribution in [0, 0.1) is 5.41 Å². The van der Waals surface area contributed by atoms with Gasteiger partial charge < -0.3 is 5.32 Å². The van der Waals surface area contributed by atoms with Gasteiger partial charge in [0.05, 0.1) is 23.0 Å². The van der Waals surface area contributed by atoms with E-state index < -0.39 is 5.54 Å². The van der Waals surface area contributed by atoms with E-state index in [-0.39, 0.29) is 18.3 Å². The van der Waals surface area contributed by atoms with E-state index in [0.717, 1.165) is 22.3 Å². The van der Waals surface area contributed by atoms with Crippen molar-refractivity contribution in [2.45, 2.75) is 18.9 Å². The average Bonchev–Trinajstić information content (AvgIpc) is 3.03. The first-order valence-electron chi connectivity index (χ1n) is 8.24. The summed E-state index contributed by atoms with van der Waals surface area (Å²) in [6, 6.07) is 13.5. The lowest BCUT2D eigenvalue weighted by molar-refractivity contribution is -0.129. The van der Waals surface area contributed by atoms with E-state index in [1.165, 1.54) is 4.90 Å². The third kappa shape index (κ3) is 2.63. The predicted octanol–water partition coefficient (Wildman–Crippen LogP) is 3.28. The van der Waals surface area contributed by atoms with Gasteiger partial charge in [-0.05, 0) is 42.8 Å². The van der Waals surface area contributed by atoms with Crippen molar-refractivity contribution in [1.82, 2.24) is 19.8 Å². The first-order valence-corrected chi connectivity index (χ1v) is 8.62. The lowest BCUT2D eigenvalue weighted by Gasteiger charge is -2.39. The second-order valence-electron chi connectivity index (χ2n) is 6.73. The zero-order valence-corrected chi connectivity index (χ0v) is 15.2. The number of imidazole rings is 1. The molecule has 4 rings (SSSR count). The molecule has 132 valence electrons. The fourth-order valence-electron chi connectivity index (χ4n) is 3.29. The van der Waals surface area contributed by atoms with E-state index in [1.54, 1.807) is 13.4 Å². The van der Waals surface area contributed by atoms with Crippen molar-refractivity contribution in [2.24, 2.45) is 0 Å². The number of benzene rings is 2. The van der Waals surface area contributed by atoms with Gasteiger partial charge in [-0.25, -0.2) is 4.98 Å². The number of hydrogen-bond acceptors (Lipinski definition) is 3. The number of nitrogens with one attached hydrogen (secondary N) is 2. The van der Waals surface area contributed by atoms with Crippen LogP contribution < -0.4 is 5.32 Å². The molecule has 26 heavy (non-hydrogen) atoms. The third-order valence-corrected chi connectivity index (χ3v) is 5.11. The molecular weight excluding hydrogens is 350 g/mol. The largest absolute Gasteiger partial charge is 0.346 e. The number of rotatable bonds is 2. The lowest BCUT2D eigenvalue weighted by atomic mass is 9.86. The molecule has 1 aliphatic heterocycles. The highest BCUT2D eigenvalue weighted by Crippen LogP contribution is 2.31. The summed E-state index contributed by atoms with van der Waals surface area (Å²) in [6.45, 7) is 1.94. The van der Waals surface area contributed by atoms with Crippen LogP contribution in [-0.4, -0.2) is 33.4 Å². The summed E-state index contributed by atoms with van der Waals surface area (Å²) >= 11 is 6.14. The Morgan fingerprint density at radius 3 is 2.85 bits per heavy atom. The van der Waals surface area contributed by atoms with E-state index in [2.05, 4.69) is 10.3 Å². The first kappa shape index (κ1) is 16.6. The van der Waals surface area contributed by atoms with Crippen LogP contribution >= 0.6 is 11.6 Å². The van der Waals surface area contributed by atoms with Gasteiger partial charge in [0.2, 0.25) is 5.91 Å². The number of aromatic nitrogens is 2. The van der Waals surface area contributed by atoms with E-state index in [4.69, 9.17) is 17.0 Å². The second-order valence-corrected chi connectivity index (χ2v) is 7.17. The van der Waals surface area contributed by atoms with Gasteiger partial charge in [-0.1, -0.05) is 23.7 Å². The number of halogens is 1. The third-order valence-electron chi connectivity index (χ3n) is 4.88. The Labute approximate surface area is 155 Å². The van der Waals surface area contributed by atoms with Gasteiger partial charge in [0.25, 0.3) is 0 Å². The van der Waals surface area contributed by atoms with Crippen molar-refractivity contribution < 1.29 is 4.79 Å². The smallest absolute Gasteiger partial charge is 0.231 e. The number of fused-ring (bicyclic) bond motifs is 1. The van der Waals surface area contributed by atoms with E-state index in [0.29, 0.717) is 5.02 Å². The van der Waals surface area contributed by atoms with Crippen LogP contribution in [0.2, 0.25) is 5.02 Å². The summed E-state index contributed by atoms with van der Waals surface area (Å²) in [5.74, 6) is 0.0236. The SMILES string of the molecule is CN1C(=N)N[C@](C)(c2cccc(-n3cnc4ccc(Cl)cc43)c2)CC1=O. The molecule has 1 atom stereocenters. The van der Waals surface area contributed by atoms with Crippen molar-refractivity contribution in [3.63, 3.8) is 0 Å². The molecule has 0 aliphatic carbocycles. The molecule has 3 aromatic rings. The molecule has 0 radical (unpaired) electrons. The van der Waals surface area contributed by atoms with Crippen molar-refractivity contribution in [1.29, 1.82) is 5.41 Å². The summed E-state index contributed by atoms with van der Waals surface area (Å²) in [7, 11) is 1.61. The van der Waals surface area contributed by atoms with Crippen molar-refractivity contribution in [3.05, 3.63) is 59.4 Å². The van der Waals surface area contributed by atoms with Crippen LogP contribution in [0.4, 0.5) is 0 Å². The summed E-state index contributed by atoms with van der Waals surface area (Å²) in [5, 5.41) is 11.8. The van der Waals surface area contributed by atoms with Gasteiger partial charge in [0, 0.05) is 17.8 Å². The highest BCUT2D eigenvalue weighted by Gasteiger charge is 2.37. The minimum absolute atomic E-state index is 0.0819. The summed E-state index contributed by atoms with van der Waals surface area (Å²) in [5.41, 5.74) is 3.00. The maximum absolute atomic E-state index is 12.2. The zero-order valence-electron chi connectivity index (χ0n) is 14.5. The molecule has 1 fully saturated rings. The molecule has 1 saturated heterocycles. The summed E-state index contributed by atoms with van der Waals surface area (Å²) in [6.07, 6.45) is 2.05. The van der Waals surface area contributed by atoms with Crippen molar-refractivity contribution >= 4 is 34.5 Å². The highest BCUT2D eigenvalue weighted by atomic mass is 35.5. The molecule has 0 unspecified atom stereocenters. The van der Waals surface area contributed by atoms with Crippen LogP contribution in [0.15, 0.2) is 48.8 Å². The standard InChI is InChI=1S/C19H18ClN5O/c1-19(10-17(26)24(2)18(21)23-19)12-4-3-5-14(8-12)25-11-22-15-7-6-13(20)9-16(15)25/h3-9,11H,10H2,1-2H3,(H2,21,23)/t19-/m0/s1. The van der Waals surface area contributed by atoms with Crippen LogP contribution in [0.25, 0.3) is 16.7 Å². The molecule has 0 bridgehead atoms. The topological polar surface area (TPSA) is 74.0 Å². The van der Waals surface area contributed by atoms with Gasteiger partial charge in [-0.15, -0.1) is 0 Å². The maximum atomic E-state index is 12.2. The molecule has 1 aliphatic rings. The maximum Gasteiger partial charge on any atom is 0.231 e. The van der Waals surface area contributed by atoms with Crippen molar-refractivity contribution in [3.8, 4) is 5.69 Å². The fraction of sp³-hybridized carbons (Fsp3) is 0.211. The van der Waals surface area contributed by atoms with Gasteiger partial charge in [0.15, 0.2) is 5.96 Å². The van der Waals surface area contributed by atoms with E-state index in [9.17, 15) is 4.79 Å². The van der Waals surface area contributed by atoms with Crippen molar-refractivity contribution in [2.75, 3.05) is 7.05 Å². The Morgan fingerprint density at radius 2 is 2.08 bits per heavy atom. The number of guanidine groups is 1. The predicted molar refractivity (Wildman–Crippen MR) is 102 cm³/mol. The fourth-order valence-corrected chi connectivity index (χ4v) is 3.46. The van der Waals surface area contributed by atoms with Gasteiger partial charge in [-0.3, -0.25) is 19.7 Å². The Bertz CT molecular complexity index is 1020. The monoisotopic (exact) mass is 367 g/mol. The molecule has 6 nitrogen and oxygen atoms in total. The molecular formula is C19H18ClN5O. The number of nitrogens with zero attached hydrogens (tertiary/aromatic N) is 3. The molecule has 2 N–H and O–H groups in total. The molecule has 7 heteroatoms. The number of carbonyl (C=O) groups is 1. The Balaban J connectivity index is 1.78. The summed E-state index contributed by atoms with van der Waals surface area (Å²) in [4.78, 5) is 18.0. The lowest BCUT2D eigenvalue weighted by Crippen LogP contribution is -2.58. The minimum Gasteiger partial charge on any atom is -0.346 e. The molecule has 2 heterocycles. The molecule has 1 amide bonds. The molecule has 0 saturated carbocycles. The summed E-state index contributed by atoms with van der Waals surface area (Å²) < 4.78 is 1.97. The molecule has 0 spiro atoms. The Morgan fingerprint density at radius 1 is 1.27 bits per heavy atom. The molecule has 2 aromatic carbocycles. The first-order chi connectivity index (χ1) is 12.4. The van der Waals surface area contributed by atoms with Crippen LogP contribution in [0.1, 0.15) is 18.9 Å². The van der Waals surface area contributed by atoms with Crippen LogP contribution in [0.5, 0.6) is 0 Å². The van der Waals surface area contributed by atoms with Gasteiger partial charge in [0.1, 0.15) is 6.33 Å². The normalized spacial score (nSPS) is 20.5. The number of carbonyl (C=O) groups excluding carboxylic acids is 1. The van der Waals surface area contributed by atoms with Crippen LogP contribution in [0.3, 0.4) is 0 Å².